The fraction of sp³-hybridized carbons (Fsp3) is 0.636. The lowest BCUT2D eigenvalue weighted by Crippen LogP contribution is -2.37. The summed E-state index contributed by atoms with van der Waals surface area (Å²) in [4.78, 5) is 11.5. The molecule has 0 heterocycles. The van der Waals surface area contributed by atoms with Crippen molar-refractivity contribution in [3.63, 3.8) is 0 Å². The van der Waals surface area contributed by atoms with E-state index in [0.29, 0.717) is 24.5 Å². The van der Waals surface area contributed by atoms with Gasteiger partial charge in [-0.3, -0.25) is 10.2 Å². The highest BCUT2D eigenvalue weighted by Crippen LogP contribution is 2.08. The van der Waals surface area contributed by atoms with E-state index in [-0.39, 0.29) is 11.6 Å². The molecule has 0 bridgehead atoms. The van der Waals surface area contributed by atoms with Gasteiger partial charge in [0, 0.05) is 18.8 Å². The number of carbonyl (C=O) groups is 1. The Hall–Kier alpha value is -1.52. The number of rotatable bonds is 6. The summed E-state index contributed by atoms with van der Waals surface area (Å²) < 4.78 is 0. The Balaban J connectivity index is 4.99. The van der Waals surface area contributed by atoms with Crippen molar-refractivity contribution >= 4 is 11.6 Å². The third kappa shape index (κ3) is 3.92. The van der Waals surface area contributed by atoms with Gasteiger partial charge >= 0.3 is 0 Å². The Bertz CT molecular complexity index is 294. The quantitative estimate of drug-likeness (QED) is 0.499. The SMILES string of the molecule is CCNC(=O)C(=N)/C(NCC)=C(\N)C(C)C. The normalized spacial score (nSPS) is 12.1. The van der Waals surface area contributed by atoms with Crippen LogP contribution < -0.4 is 16.4 Å². The molecule has 1 amide bonds. The number of hydrogen-bond acceptors (Lipinski definition) is 4. The molecular formula is C11H22N4O. The van der Waals surface area contributed by atoms with E-state index in [1.165, 1.54) is 0 Å². The van der Waals surface area contributed by atoms with E-state index in [0.717, 1.165) is 0 Å². The molecule has 5 heteroatoms. The van der Waals surface area contributed by atoms with Crippen LogP contribution in [0.3, 0.4) is 0 Å². The second kappa shape index (κ2) is 6.87. The minimum atomic E-state index is -0.401. The van der Waals surface area contributed by atoms with E-state index in [1.54, 1.807) is 0 Å². The Morgan fingerprint density at radius 1 is 1.25 bits per heavy atom. The zero-order valence-corrected chi connectivity index (χ0v) is 10.5. The number of nitrogens with one attached hydrogen (secondary N) is 3. The fourth-order valence-corrected chi connectivity index (χ4v) is 1.16. The van der Waals surface area contributed by atoms with Crippen molar-refractivity contribution in [2.45, 2.75) is 27.7 Å². The van der Waals surface area contributed by atoms with Crippen LogP contribution in [0.2, 0.25) is 0 Å². The van der Waals surface area contributed by atoms with E-state index in [1.807, 2.05) is 27.7 Å². The standard InChI is InChI=1S/C11H22N4O/c1-5-14-10(8(12)7(3)4)9(13)11(16)15-6-2/h7,13-14H,5-6,12H2,1-4H3,(H,15,16)/b10-8+,13-9?. The molecule has 0 unspecified atom stereocenters. The fourth-order valence-electron chi connectivity index (χ4n) is 1.16. The molecule has 5 nitrogen and oxygen atoms in total. The van der Waals surface area contributed by atoms with Crippen LogP contribution in [0.4, 0.5) is 0 Å². The summed E-state index contributed by atoms with van der Waals surface area (Å²) in [6, 6.07) is 0. The molecule has 0 aromatic rings. The highest BCUT2D eigenvalue weighted by atomic mass is 16.1. The van der Waals surface area contributed by atoms with Gasteiger partial charge in [-0.15, -0.1) is 0 Å². The molecule has 0 aliphatic carbocycles. The van der Waals surface area contributed by atoms with Crippen LogP contribution in [0.25, 0.3) is 0 Å². The van der Waals surface area contributed by atoms with E-state index in [2.05, 4.69) is 10.6 Å². The van der Waals surface area contributed by atoms with Crippen LogP contribution in [-0.4, -0.2) is 24.7 Å². The van der Waals surface area contributed by atoms with Crippen LogP contribution in [0.5, 0.6) is 0 Å². The van der Waals surface area contributed by atoms with Crippen molar-refractivity contribution in [1.29, 1.82) is 5.41 Å². The van der Waals surface area contributed by atoms with Gasteiger partial charge in [-0.05, 0) is 19.8 Å². The number of nitrogens with two attached hydrogens (primary N) is 1. The van der Waals surface area contributed by atoms with Gasteiger partial charge in [0.2, 0.25) is 0 Å². The van der Waals surface area contributed by atoms with Crippen molar-refractivity contribution in [2.75, 3.05) is 13.1 Å². The van der Waals surface area contributed by atoms with Crippen molar-refractivity contribution in [2.24, 2.45) is 11.7 Å². The van der Waals surface area contributed by atoms with Gasteiger partial charge in [0.1, 0.15) is 5.71 Å². The zero-order chi connectivity index (χ0) is 12.7. The van der Waals surface area contributed by atoms with Crippen molar-refractivity contribution in [3.05, 3.63) is 11.4 Å². The van der Waals surface area contributed by atoms with Gasteiger partial charge in [0.15, 0.2) is 0 Å². The molecule has 0 spiro atoms. The highest BCUT2D eigenvalue weighted by molar-refractivity contribution is 6.44. The number of allylic oxidation sites excluding steroid dienone is 1. The van der Waals surface area contributed by atoms with Gasteiger partial charge in [0.05, 0.1) is 5.70 Å². The van der Waals surface area contributed by atoms with Crippen LogP contribution in [0, 0.1) is 11.3 Å². The molecule has 5 N–H and O–H groups in total. The molecule has 0 rings (SSSR count). The maximum absolute atomic E-state index is 11.5. The van der Waals surface area contributed by atoms with Gasteiger partial charge in [-0.2, -0.15) is 0 Å². The summed E-state index contributed by atoms with van der Waals surface area (Å²) in [5.41, 5.74) is 6.75. The second-order valence-corrected chi connectivity index (χ2v) is 3.75. The summed E-state index contributed by atoms with van der Waals surface area (Å²) in [7, 11) is 0. The minimum Gasteiger partial charge on any atom is -0.400 e. The maximum Gasteiger partial charge on any atom is 0.271 e. The monoisotopic (exact) mass is 226 g/mol. The van der Waals surface area contributed by atoms with Gasteiger partial charge < -0.3 is 16.4 Å². The molecule has 92 valence electrons. The van der Waals surface area contributed by atoms with Crippen LogP contribution in [-0.2, 0) is 4.79 Å². The highest BCUT2D eigenvalue weighted by Gasteiger charge is 2.17. The predicted molar refractivity (Wildman–Crippen MR) is 66.1 cm³/mol. The van der Waals surface area contributed by atoms with E-state index in [4.69, 9.17) is 11.1 Å². The molecule has 16 heavy (non-hydrogen) atoms. The molecular weight excluding hydrogens is 204 g/mol. The predicted octanol–water partition coefficient (Wildman–Crippen LogP) is 0.578. The third-order valence-corrected chi connectivity index (χ3v) is 2.08. The summed E-state index contributed by atoms with van der Waals surface area (Å²) in [6.45, 7) is 8.70. The summed E-state index contributed by atoms with van der Waals surface area (Å²) in [5, 5.41) is 13.3. The topological polar surface area (TPSA) is 91.0 Å². The first-order valence-corrected chi connectivity index (χ1v) is 5.56. The molecule has 0 saturated carbocycles. The largest absolute Gasteiger partial charge is 0.400 e. The van der Waals surface area contributed by atoms with Crippen LogP contribution in [0.15, 0.2) is 11.4 Å². The van der Waals surface area contributed by atoms with Gasteiger partial charge in [-0.25, -0.2) is 0 Å². The first-order valence-electron chi connectivity index (χ1n) is 5.56. The summed E-state index contributed by atoms with van der Waals surface area (Å²) in [5.74, 6) is -0.300. The maximum atomic E-state index is 11.5. The molecule has 0 fully saturated rings. The Kier molecular flexibility index (Phi) is 6.22. The lowest BCUT2D eigenvalue weighted by Gasteiger charge is -2.16. The number of hydrogen-bond donors (Lipinski definition) is 4. The molecule has 0 radical (unpaired) electrons. The van der Waals surface area contributed by atoms with Crippen LogP contribution in [0.1, 0.15) is 27.7 Å². The third-order valence-electron chi connectivity index (χ3n) is 2.08. The molecule has 0 saturated heterocycles. The van der Waals surface area contributed by atoms with Gasteiger partial charge in [-0.1, -0.05) is 13.8 Å². The number of carbonyl (C=O) groups excluding carboxylic acids is 1. The average molecular weight is 226 g/mol. The molecule has 0 atom stereocenters. The molecule has 0 aliphatic heterocycles. The summed E-state index contributed by atoms with van der Waals surface area (Å²) in [6.07, 6.45) is 0. The Labute approximate surface area is 97.0 Å². The van der Waals surface area contributed by atoms with E-state index < -0.39 is 5.91 Å². The zero-order valence-electron chi connectivity index (χ0n) is 10.5. The van der Waals surface area contributed by atoms with E-state index in [9.17, 15) is 4.79 Å². The van der Waals surface area contributed by atoms with Crippen LogP contribution >= 0.6 is 0 Å². The Morgan fingerprint density at radius 2 is 1.75 bits per heavy atom. The Morgan fingerprint density at radius 3 is 2.12 bits per heavy atom. The minimum absolute atomic E-state index is 0.101. The van der Waals surface area contributed by atoms with E-state index >= 15 is 0 Å². The number of amides is 1. The van der Waals surface area contributed by atoms with Crippen molar-refractivity contribution in [1.82, 2.24) is 10.6 Å². The van der Waals surface area contributed by atoms with Crippen molar-refractivity contribution < 1.29 is 4.79 Å². The summed E-state index contributed by atoms with van der Waals surface area (Å²) >= 11 is 0. The smallest absolute Gasteiger partial charge is 0.271 e. The lowest BCUT2D eigenvalue weighted by atomic mass is 10.1. The second-order valence-electron chi connectivity index (χ2n) is 3.75. The molecule has 0 aromatic heterocycles. The first-order chi connectivity index (χ1) is 7.45. The molecule has 0 aliphatic rings. The average Bonchev–Trinajstić information content (AvgIpc) is 2.24. The molecule has 0 aromatic carbocycles. The first kappa shape index (κ1) is 14.5. The lowest BCUT2D eigenvalue weighted by molar-refractivity contribution is -0.114. The van der Waals surface area contributed by atoms with Gasteiger partial charge in [0.25, 0.3) is 5.91 Å². The van der Waals surface area contributed by atoms with Crippen molar-refractivity contribution in [3.8, 4) is 0 Å².